The lowest BCUT2D eigenvalue weighted by atomic mass is 9.78. The minimum Gasteiger partial charge on any atom is -0.382 e. The van der Waals surface area contributed by atoms with Crippen molar-refractivity contribution in [3.63, 3.8) is 0 Å². The van der Waals surface area contributed by atoms with Crippen LogP contribution in [0.4, 0.5) is 5.69 Å². The Morgan fingerprint density at radius 2 is 1.65 bits per heavy atom. The standard InChI is InChI=1S/C24H26N2O4S/c1-16-7-6-8-18(15-16)24(2,3)22(27)23(28)26-19-13-11-17(12-14-19)20-9-4-5-10-21(20)31(25,29)30/h4-15,22,27H,1-3H3,(H,26,28)(H2,25,29,30). The van der Waals surface area contributed by atoms with Gasteiger partial charge in [0, 0.05) is 16.7 Å². The Morgan fingerprint density at radius 3 is 2.26 bits per heavy atom. The van der Waals surface area contributed by atoms with E-state index >= 15 is 0 Å². The van der Waals surface area contributed by atoms with Gasteiger partial charge in [0.15, 0.2) is 0 Å². The van der Waals surface area contributed by atoms with Crippen molar-refractivity contribution in [1.29, 1.82) is 0 Å². The molecule has 0 aliphatic rings. The number of aliphatic hydroxyl groups excluding tert-OH is 1. The van der Waals surface area contributed by atoms with E-state index in [1.165, 1.54) is 6.07 Å². The zero-order valence-corrected chi connectivity index (χ0v) is 18.5. The predicted octanol–water partition coefficient (Wildman–Crippen LogP) is 3.59. The molecule has 7 heteroatoms. The van der Waals surface area contributed by atoms with Crippen LogP contribution >= 0.6 is 0 Å². The van der Waals surface area contributed by atoms with Gasteiger partial charge in [-0.1, -0.05) is 74.0 Å². The van der Waals surface area contributed by atoms with Crippen LogP contribution in [-0.2, 0) is 20.2 Å². The number of benzene rings is 3. The third-order valence-corrected chi connectivity index (χ3v) is 6.32. The van der Waals surface area contributed by atoms with Crippen molar-refractivity contribution in [2.24, 2.45) is 5.14 Å². The van der Waals surface area contributed by atoms with Crippen molar-refractivity contribution in [2.75, 3.05) is 5.32 Å². The maximum absolute atomic E-state index is 12.7. The second kappa shape index (κ2) is 8.63. The van der Waals surface area contributed by atoms with Gasteiger partial charge < -0.3 is 10.4 Å². The first kappa shape index (κ1) is 22.7. The third kappa shape index (κ3) is 5.02. The van der Waals surface area contributed by atoms with Crippen LogP contribution < -0.4 is 10.5 Å². The smallest absolute Gasteiger partial charge is 0.254 e. The number of nitrogens with two attached hydrogens (primary N) is 1. The molecule has 0 aliphatic heterocycles. The fourth-order valence-electron chi connectivity index (χ4n) is 3.43. The number of carbonyl (C=O) groups excluding carboxylic acids is 1. The molecule has 3 aromatic rings. The van der Waals surface area contributed by atoms with E-state index < -0.39 is 27.4 Å². The molecule has 162 valence electrons. The third-order valence-electron chi connectivity index (χ3n) is 5.35. The summed E-state index contributed by atoms with van der Waals surface area (Å²) in [4.78, 5) is 12.7. The van der Waals surface area contributed by atoms with Gasteiger partial charge in [-0.2, -0.15) is 0 Å². The van der Waals surface area contributed by atoms with Crippen LogP contribution in [0.1, 0.15) is 25.0 Å². The Labute approximate surface area is 182 Å². The predicted molar refractivity (Wildman–Crippen MR) is 122 cm³/mol. The molecule has 31 heavy (non-hydrogen) atoms. The molecule has 0 fully saturated rings. The molecule has 1 amide bonds. The quantitative estimate of drug-likeness (QED) is 0.546. The highest BCUT2D eigenvalue weighted by atomic mass is 32.2. The summed E-state index contributed by atoms with van der Waals surface area (Å²) >= 11 is 0. The SMILES string of the molecule is Cc1cccc(C(C)(C)C(O)C(=O)Nc2ccc(-c3ccccc3S(N)(=O)=O)cc2)c1. The first-order valence-corrected chi connectivity index (χ1v) is 11.3. The lowest BCUT2D eigenvalue weighted by Crippen LogP contribution is -2.43. The molecular formula is C24H26N2O4S. The monoisotopic (exact) mass is 438 g/mol. The minimum absolute atomic E-state index is 0.0297. The van der Waals surface area contributed by atoms with Crippen molar-refractivity contribution in [2.45, 2.75) is 37.2 Å². The molecule has 1 atom stereocenters. The maximum atomic E-state index is 12.7. The van der Waals surface area contributed by atoms with E-state index in [4.69, 9.17) is 5.14 Å². The van der Waals surface area contributed by atoms with Gasteiger partial charge in [0.1, 0.15) is 6.10 Å². The van der Waals surface area contributed by atoms with Crippen LogP contribution in [0.2, 0.25) is 0 Å². The van der Waals surface area contributed by atoms with Crippen LogP contribution in [0.25, 0.3) is 11.1 Å². The normalized spacial score (nSPS) is 12.9. The average molecular weight is 439 g/mol. The molecule has 0 spiro atoms. The molecule has 3 rings (SSSR count). The Hall–Kier alpha value is -3.00. The number of rotatable bonds is 6. The highest BCUT2D eigenvalue weighted by molar-refractivity contribution is 7.89. The van der Waals surface area contributed by atoms with Crippen molar-refractivity contribution >= 4 is 21.6 Å². The van der Waals surface area contributed by atoms with Crippen molar-refractivity contribution < 1.29 is 18.3 Å². The van der Waals surface area contributed by atoms with Crippen molar-refractivity contribution in [3.8, 4) is 11.1 Å². The Kier molecular flexibility index (Phi) is 6.31. The van der Waals surface area contributed by atoms with E-state index in [1.807, 2.05) is 45.0 Å². The fourth-order valence-corrected chi connectivity index (χ4v) is 4.19. The number of hydrogen-bond donors (Lipinski definition) is 3. The van der Waals surface area contributed by atoms with Crippen LogP contribution in [0.5, 0.6) is 0 Å². The van der Waals surface area contributed by atoms with Crippen molar-refractivity contribution in [1.82, 2.24) is 0 Å². The molecule has 0 aliphatic carbocycles. The summed E-state index contributed by atoms with van der Waals surface area (Å²) in [5.41, 5.74) is 2.73. The highest BCUT2D eigenvalue weighted by Crippen LogP contribution is 2.30. The number of hydrogen-bond acceptors (Lipinski definition) is 4. The molecule has 0 heterocycles. The lowest BCUT2D eigenvalue weighted by Gasteiger charge is -2.30. The summed E-state index contributed by atoms with van der Waals surface area (Å²) in [6, 6.07) is 20.8. The zero-order chi connectivity index (χ0) is 22.8. The Morgan fingerprint density at radius 1 is 1.00 bits per heavy atom. The average Bonchev–Trinajstić information content (AvgIpc) is 2.73. The summed E-state index contributed by atoms with van der Waals surface area (Å²) in [6.45, 7) is 5.60. The number of sulfonamides is 1. The van der Waals surface area contributed by atoms with E-state index in [0.717, 1.165) is 11.1 Å². The summed E-state index contributed by atoms with van der Waals surface area (Å²) in [7, 11) is -3.87. The molecule has 6 nitrogen and oxygen atoms in total. The summed E-state index contributed by atoms with van der Waals surface area (Å²) in [5.74, 6) is -0.524. The molecule has 3 aromatic carbocycles. The molecule has 0 radical (unpaired) electrons. The summed E-state index contributed by atoms with van der Waals surface area (Å²) in [5, 5.41) is 18.8. The molecular weight excluding hydrogens is 412 g/mol. The molecule has 0 saturated heterocycles. The minimum atomic E-state index is -3.87. The maximum Gasteiger partial charge on any atom is 0.254 e. The number of aliphatic hydroxyl groups is 1. The number of carbonyl (C=O) groups is 1. The highest BCUT2D eigenvalue weighted by Gasteiger charge is 2.35. The van der Waals surface area contributed by atoms with Gasteiger partial charge in [0.05, 0.1) is 4.90 Å². The van der Waals surface area contributed by atoms with Gasteiger partial charge in [0.2, 0.25) is 10.0 Å². The van der Waals surface area contributed by atoms with Gasteiger partial charge in [-0.05, 0) is 36.2 Å². The summed E-state index contributed by atoms with van der Waals surface area (Å²) in [6.07, 6.45) is -1.27. The molecule has 1 unspecified atom stereocenters. The summed E-state index contributed by atoms with van der Waals surface area (Å²) < 4.78 is 23.7. The molecule has 0 bridgehead atoms. The van der Waals surface area contributed by atoms with Gasteiger partial charge in [-0.15, -0.1) is 0 Å². The Bertz CT molecular complexity index is 1200. The number of anilines is 1. The number of amides is 1. The van der Waals surface area contributed by atoms with Gasteiger partial charge in [-0.25, -0.2) is 13.6 Å². The van der Waals surface area contributed by atoms with E-state index in [1.54, 1.807) is 42.5 Å². The molecule has 4 N–H and O–H groups in total. The topological polar surface area (TPSA) is 109 Å². The van der Waals surface area contributed by atoms with Gasteiger partial charge in [-0.3, -0.25) is 4.79 Å². The second-order valence-electron chi connectivity index (χ2n) is 8.10. The molecule has 0 saturated carbocycles. The fraction of sp³-hybridized carbons (Fsp3) is 0.208. The Balaban J connectivity index is 1.80. The first-order chi connectivity index (χ1) is 14.5. The van der Waals surface area contributed by atoms with Crippen LogP contribution in [0, 0.1) is 6.92 Å². The lowest BCUT2D eigenvalue weighted by molar-refractivity contribution is -0.127. The number of primary sulfonamides is 1. The molecule has 0 aromatic heterocycles. The van der Waals surface area contributed by atoms with E-state index in [0.29, 0.717) is 16.8 Å². The number of nitrogens with one attached hydrogen (secondary N) is 1. The van der Waals surface area contributed by atoms with Gasteiger partial charge >= 0.3 is 0 Å². The second-order valence-corrected chi connectivity index (χ2v) is 9.63. The van der Waals surface area contributed by atoms with Gasteiger partial charge in [0.25, 0.3) is 5.91 Å². The van der Waals surface area contributed by atoms with Crippen LogP contribution in [0.3, 0.4) is 0 Å². The largest absolute Gasteiger partial charge is 0.382 e. The van der Waals surface area contributed by atoms with Crippen LogP contribution in [-0.4, -0.2) is 25.5 Å². The zero-order valence-electron chi connectivity index (χ0n) is 17.7. The first-order valence-electron chi connectivity index (χ1n) is 9.78. The van der Waals surface area contributed by atoms with Crippen molar-refractivity contribution in [3.05, 3.63) is 83.9 Å². The van der Waals surface area contributed by atoms with Crippen LogP contribution in [0.15, 0.2) is 77.7 Å². The number of aryl methyl sites for hydroxylation is 1. The van der Waals surface area contributed by atoms with E-state index in [2.05, 4.69) is 5.32 Å². The van der Waals surface area contributed by atoms with E-state index in [-0.39, 0.29) is 4.90 Å². The van der Waals surface area contributed by atoms with E-state index in [9.17, 15) is 18.3 Å².